The van der Waals surface area contributed by atoms with Gasteiger partial charge in [-0.05, 0) is 74.8 Å². The van der Waals surface area contributed by atoms with E-state index in [0.29, 0.717) is 22.3 Å². The van der Waals surface area contributed by atoms with Crippen LogP contribution in [0, 0.1) is 6.92 Å². The highest BCUT2D eigenvalue weighted by Gasteiger charge is 2.53. The van der Waals surface area contributed by atoms with Crippen molar-refractivity contribution in [3.8, 4) is 5.75 Å². The summed E-state index contributed by atoms with van der Waals surface area (Å²) in [6.45, 7) is 6.14. The summed E-state index contributed by atoms with van der Waals surface area (Å²) in [5, 5.41) is 0. The molecule has 2 heterocycles. The van der Waals surface area contributed by atoms with Gasteiger partial charge in [0.2, 0.25) is 0 Å². The highest BCUT2D eigenvalue weighted by molar-refractivity contribution is 7.89. The van der Waals surface area contributed by atoms with E-state index < -0.39 is 10.0 Å². The summed E-state index contributed by atoms with van der Waals surface area (Å²) in [5.74, 6) is 0.694. The molecular formula is C29H40N4O5S. The molecule has 1 amide bonds. The fourth-order valence-corrected chi connectivity index (χ4v) is 8.57. The van der Waals surface area contributed by atoms with Crippen LogP contribution in [-0.4, -0.2) is 98.4 Å². The molecule has 9 nitrogen and oxygen atoms in total. The van der Waals surface area contributed by atoms with Crippen LogP contribution in [0.25, 0.3) is 0 Å². The number of carbonyl (C=O) groups is 1. The average Bonchev–Trinajstić information content (AvgIpc) is 3.86. The Bertz CT molecular complexity index is 1280. The Labute approximate surface area is 232 Å². The zero-order chi connectivity index (χ0) is 27.3. The number of methoxy groups -OCH3 is 1. The van der Waals surface area contributed by atoms with E-state index in [4.69, 9.17) is 9.47 Å². The maximum Gasteiger partial charge on any atom is 0.264 e. The molecule has 0 radical (unpaired) electrons. The number of aryl methyl sites for hydroxylation is 1. The zero-order valence-corrected chi connectivity index (χ0v) is 24.0. The number of fused-ring (bicyclic) bond motifs is 3. The van der Waals surface area contributed by atoms with Crippen LogP contribution in [0.3, 0.4) is 0 Å². The minimum Gasteiger partial charge on any atom is -0.497 e. The van der Waals surface area contributed by atoms with E-state index >= 15 is 0 Å². The van der Waals surface area contributed by atoms with Gasteiger partial charge in [0.05, 0.1) is 24.2 Å². The lowest BCUT2D eigenvalue weighted by atomic mass is 9.97. The number of likely N-dealkylation sites (N-methyl/N-ethyl adjacent to an activating group) is 1. The van der Waals surface area contributed by atoms with Crippen LogP contribution in [0.4, 0.5) is 0 Å². The van der Waals surface area contributed by atoms with Gasteiger partial charge in [0.1, 0.15) is 12.0 Å². The Hall–Kier alpha value is -2.56. The van der Waals surface area contributed by atoms with Gasteiger partial charge in [-0.3, -0.25) is 18.9 Å². The number of benzene rings is 1. The normalized spacial score (nSPS) is 28.4. The van der Waals surface area contributed by atoms with Gasteiger partial charge in [-0.2, -0.15) is 0 Å². The summed E-state index contributed by atoms with van der Waals surface area (Å²) in [6, 6.07) is 4.68. The fourth-order valence-electron chi connectivity index (χ4n) is 6.59. The zero-order valence-electron chi connectivity index (χ0n) is 23.2. The van der Waals surface area contributed by atoms with Crippen LogP contribution in [-0.2, 0) is 19.6 Å². The molecule has 0 N–H and O–H groups in total. The first-order valence-electron chi connectivity index (χ1n) is 14.2. The van der Waals surface area contributed by atoms with Gasteiger partial charge in [-0.1, -0.05) is 0 Å². The number of amides is 1. The summed E-state index contributed by atoms with van der Waals surface area (Å²) in [4.78, 5) is 20.2. The first-order valence-corrected chi connectivity index (χ1v) is 15.7. The molecule has 212 valence electrons. The maximum absolute atomic E-state index is 13.4. The Morgan fingerprint density at radius 3 is 2.59 bits per heavy atom. The van der Waals surface area contributed by atoms with Crippen LogP contribution in [0.5, 0.6) is 5.75 Å². The van der Waals surface area contributed by atoms with Crippen molar-refractivity contribution >= 4 is 15.9 Å². The predicted octanol–water partition coefficient (Wildman–Crippen LogP) is 3.03. The van der Waals surface area contributed by atoms with E-state index in [1.165, 1.54) is 29.6 Å². The van der Waals surface area contributed by atoms with Crippen LogP contribution >= 0.6 is 0 Å². The molecule has 6 rings (SSSR count). The molecule has 10 heteroatoms. The number of piperazine rings is 1. The lowest BCUT2D eigenvalue weighted by Gasteiger charge is -2.40. The third-order valence-electron chi connectivity index (χ3n) is 9.05. The molecule has 3 fully saturated rings. The largest absolute Gasteiger partial charge is 0.497 e. The molecular weight excluding hydrogens is 516 g/mol. The minimum absolute atomic E-state index is 0.122. The van der Waals surface area contributed by atoms with Crippen molar-refractivity contribution in [2.24, 2.45) is 0 Å². The van der Waals surface area contributed by atoms with Crippen LogP contribution < -0.4 is 4.74 Å². The minimum atomic E-state index is -3.70. The summed E-state index contributed by atoms with van der Waals surface area (Å²) in [5.41, 5.74) is 2.56. The molecule has 1 aromatic carbocycles. The molecule has 3 unspecified atom stereocenters. The molecule has 3 atom stereocenters. The van der Waals surface area contributed by atoms with E-state index in [9.17, 15) is 13.2 Å². The number of nitrogens with zero attached hydrogens (tertiary/aromatic N) is 4. The fraction of sp³-hybridized carbons (Fsp3) is 0.621. The lowest BCUT2D eigenvalue weighted by molar-refractivity contribution is -0.131. The lowest BCUT2D eigenvalue weighted by Crippen LogP contribution is -2.51. The van der Waals surface area contributed by atoms with E-state index in [-0.39, 0.29) is 24.5 Å². The topological polar surface area (TPSA) is 82.6 Å². The number of sulfonamides is 1. The highest BCUT2D eigenvalue weighted by Crippen LogP contribution is 2.54. The predicted molar refractivity (Wildman–Crippen MR) is 148 cm³/mol. The first kappa shape index (κ1) is 26.7. The second-order valence-electron chi connectivity index (χ2n) is 11.6. The standard InChI is InChI=1S/C29H40N4O5S/c1-20-15-24(37-3)17-26-25-18-27(25)33(39(35,36)29(20)26)13-14-38-19-28(34)30(2)22-5-4-6-23(16-22)32-11-9-31(10-12-32)21-7-8-21/h13-17,21,23,25,27H,4-12,18-19H2,1-3H3. The smallest absolute Gasteiger partial charge is 0.264 e. The molecule has 2 saturated carbocycles. The van der Waals surface area contributed by atoms with E-state index in [0.717, 1.165) is 69.2 Å². The third-order valence-corrected chi connectivity index (χ3v) is 11.1. The highest BCUT2D eigenvalue weighted by atomic mass is 32.2. The van der Waals surface area contributed by atoms with Gasteiger partial charge in [0.15, 0.2) is 6.61 Å². The van der Waals surface area contributed by atoms with Crippen molar-refractivity contribution < 1.29 is 22.7 Å². The summed E-state index contributed by atoms with van der Waals surface area (Å²) in [7, 11) is -0.300. The molecule has 3 aliphatic carbocycles. The van der Waals surface area contributed by atoms with Crippen molar-refractivity contribution in [3.63, 3.8) is 0 Å². The van der Waals surface area contributed by atoms with Crippen molar-refractivity contribution in [1.29, 1.82) is 0 Å². The number of hydrogen-bond donors (Lipinski definition) is 0. The number of rotatable bonds is 8. The van der Waals surface area contributed by atoms with Gasteiger partial charge in [-0.25, -0.2) is 8.42 Å². The molecule has 1 saturated heterocycles. The first-order chi connectivity index (χ1) is 18.8. The Morgan fingerprint density at radius 2 is 1.87 bits per heavy atom. The Kier molecular flexibility index (Phi) is 7.14. The van der Waals surface area contributed by atoms with Crippen LogP contribution in [0.2, 0.25) is 0 Å². The molecule has 2 aliphatic heterocycles. The number of carbonyl (C=O) groups excluding carboxylic acids is 1. The quantitative estimate of drug-likeness (QED) is 0.455. The van der Waals surface area contributed by atoms with Crippen LogP contribution in [0.1, 0.15) is 55.6 Å². The number of allylic oxidation sites excluding steroid dienone is 1. The molecule has 1 aromatic rings. The average molecular weight is 557 g/mol. The van der Waals surface area contributed by atoms with Gasteiger partial charge in [-0.15, -0.1) is 0 Å². The molecule has 0 spiro atoms. The Morgan fingerprint density at radius 1 is 1.13 bits per heavy atom. The van der Waals surface area contributed by atoms with Crippen molar-refractivity contribution in [3.05, 3.63) is 47.5 Å². The number of hydrogen-bond acceptors (Lipinski definition) is 7. The summed E-state index contributed by atoms with van der Waals surface area (Å²) < 4.78 is 39.1. The maximum atomic E-state index is 13.4. The van der Waals surface area contributed by atoms with Crippen molar-refractivity contribution in [1.82, 2.24) is 19.0 Å². The molecule has 0 aromatic heterocycles. The summed E-state index contributed by atoms with van der Waals surface area (Å²) >= 11 is 0. The van der Waals surface area contributed by atoms with Gasteiger partial charge in [0, 0.05) is 56.9 Å². The SMILES string of the molecule is COc1cc(C)c2c(c1)C1CC1N(C=COCC(=O)N(C)C1=CC(N3CCN(C4CC4)CC3)CCC1)S2(=O)=O. The molecule has 5 aliphatic rings. The van der Waals surface area contributed by atoms with Gasteiger partial charge >= 0.3 is 0 Å². The second kappa shape index (κ2) is 10.4. The Balaban J connectivity index is 1.04. The van der Waals surface area contributed by atoms with Crippen molar-refractivity contribution in [2.45, 2.75) is 74.4 Å². The molecule has 39 heavy (non-hydrogen) atoms. The number of ether oxygens (including phenoxy) is 2. The van der Waals surface area contributed by atoms with Crippen LogP contribution in [0.15, 0.2) is 41.3 Å². The van der Waals surface area contributed by atoms with E-state index in [1.807, 2.05) is 13.1 Å². The van der Waals surface area contributed by atoms with E-state index in [2.05, 4.69) is 15.9 Å². The second-order valence-corrected chi connectivity index (χ2v) is 13.4. The molecule has 0 bridgehead atoms. The third kappa shape index (κ3) is 5.18. The van der Waals surface area contributed by atoms with Gasteiger partial charge < -0.3 is 14.4 Å². The van der Waals surface area contributed by atoms with E-state index in [1.54, 1.807) is 25.0 Å². The monoisotopic (exact) mass is 556 g/mol. The summed E-state index contributed by atoms with van der Waals surface area (Å²) in [6.07, 6.45) is 11.6. The van der Waals surface area contributed by atoms with Gasteiger partial charge in [0.25, 0.3) is 15.9 Å². The van der Waals surface area contributed by atoms with Crippen molar-refractivity contribution in [2.75, 3.05) is 46.9 Å².